The lowest BCUT2D eigenvalue weighted by atomic mass is 10.0. The van der Waals surface area contributed by atoms with Gasteiger partial charge in [0.2, 0.25) is 5.75 Å². The fraction of sp³-hybridized carbons (Fsp3) is 0.538. The van der Waals surface area contributed by atoms with Crippen LogP contribution >= 0.6 is 12.4 Å². The minimum atomic E-state index is 0. The van der Waals surface area contributed by atoms with Crippen LogP contribution in [-0.2, 0) is 0 Å². The van der Waals surface area contributed by atoms with E-state index in [2.05, 4.69) is 5.32 Å². The van der Waals surface area contributed by atoms with Gasteiger partial charge in [0.15, 0.2) is 11.5 Å². The third-order valence-corrected chi connectivity index (χ3v) is 3.17. The first-order valence-electron chi connectivity index (χ1n) is 5.84. The highest BCUT2D eigenvalue weighted by Gasteiger charge is 2.24. The monoisotopic (exact) mass is 273 g/mol. The Bertz CT molecular complexity index is 392. The molecular formula is C13H20ClNO3. The number of methoxy groups -OCH3 is 3. The van der Waals surface area contributed by atoms with E-state index in [1.165, 1.54) is 6.42 Å². The lowest BCUT2D eigenvalue weighted by Crippen LogP contribution is -2.14. The molecule has 0 bridgehead atoms. The van der Waals surface area contributed by atoms with Crippen LogP contribution in [0, 0.1) is 0 Å². The summed E-state index contributed by atoms with van der Waals surface area (Å²) in [5.41, 5.74) is 1.14. The average Bonchev–Trinajstić information content (AvgIpc) is 2.90. The van der Waals surface area contributed by atoms with Crippen LogP contribution < -0.4 is 19.5 Å². The molecule has 4 nitrogen and oxygen atoms in total. The molecule has 1 saturated heterocycles. The molecule has 0 aromatic heterocycles. The van der Waals surface area contributed by atoms with Crippen LogP contribution in [0.4, 0.5) is 0 Å². The predicted octanol–water partition coefficient (Wildman–Crippen LogP) is 2.56. The lowest BCUT2D eigenvalue weighted by molar-refractivity contribution is 0.320. The molecule has 1 fully saturated rings. The summed E-state index contributed by atoms with van der Waals surface area (Å²) in [5, 5.41) is 3.46. The van der Waals surface area contributed by atoms with E-state index in [1.807, 2.05) is 12.1 Å². The molecule has 1 aliphatic rings. The van der Waals surface area contributed by atoms with Gasteiger partial charge in [0.25, 0.3) is 0 Å². The van der Waals surface area contributed by atoms with E-state index in [0.29, 0.717) is 17.5 Å². The van der Waals surface area contributed by atoms with Crippen molar-refractivity contribution in [1.29, 1.82) is 0 Å². The molecule has 0 aliphatic carbocycles. The first-order chi connectivity index (χ1) is 8.31. The standard InChI is InChI=1S/C13H19NO3.ClH/c1-15-11-7-6-9(10-5-4-8-14-10)12(16-2)13(11)17-3;/h6-7,10,14H,4-5,8H2,1-3H3;1H/t10-;/m1./s1. The number of rotatable bonds is 4. The van der Waals surface area contributed by atoms with E-state index in [9.17, 15) is 0 Å². The second kappa shape index (κ2) is 6.71. The number of hydrogen-bond acceptors (Lipinski definition) is 4. The Kier molecular flexibility index (Phi) is 5.56. The Hall–Kier alpha value is -1.13. The predicted molar refractivity (Wildman–Crippen MR) is 73.3 cm³/mol. The van der Waals surface area contributed by atoms with Gasteiger partial charge >= 0.3 is 0 Å². The Morgan fingerprint density at radius 2 is 1.78 bits per heavy atom. The zero-order valence-electron chi connectivity index (χ0n) is 11.0. The molecule has 0 saturated carbocycles. The van der Waals surface area contributed by atoms with Gasteiger partial charge in [-0.05, 0) is 31.5 Å². The molecule has 1 aromatic rings. The first-order valence-corrected chi connectivity index (χ1v) is 5.84. The van der Waals surface area contributed by atoms with E-state index in [1.54, 1.807) is 21.3 Å². The zero-order chi connectivity index (χ0) is 12.3. The Labute approximate surface area is 114 Å². The Morgan fingerprint density at radius 1 is 1.06 bits per heavy atom. The maximum absolute atomic E-state index is 5.48. The van der Waals surface area contributed by atoms with E-state index in [-0.39, 0.29) is 12.4 Å². The summed E-state index contributed by atoms with van der Waals surface area (Å²) in [5.74, 6) is 2.14. The summed E-state index contributed by atoms with van der Waals surface area (Å²) < 4.78 is 16.1. The Morgan fingerprint density at radius 3 is 2.28 bits per heavy atom. The summed E-state index contributed by atoms with van der Waals surface area (Å²) in [4.78, 5) is 0. The van der Waals surface area contributed by atoms with E-state index >= 15 is 0 Å². The van der Waals surface area contributed by atoms with Crippen molar-refractivity contribution in [2.24, 2.45) is 0 Å². The van der Waals surface area contributed by atoms with Gasteiger partial charge in [-0.25, -0.2) is 0 Å². The molecule has 2 rings (SSSR count). The van der Waals surface area contributed by atoms with Gasteiger partial charge in [-0.3, -0.25) is 0 Å². The van der Waals surface area contributed by atoms with Crippen LogP contribution in [0.1, 0.15) is 24.4 Å². The fourth-order valence-corrected chi connectivity index (χ4v) is 2.35. The highest BCUT2D eigenvalue weighted by Crippen LogP contribution is 2.43. The molecule has 1 aromatic carbocycles. The van der Waals surface area contributed by atoms with Crippen molar-refractivity contribution in [3.63, 3.8) is 0 Å². The maximum Gasteiger partial charge on any atom is 0.203 e. The van der Waals surface area contributed by atoms with Crippen LogP contribution in [-0.4, -0.2) is 27.9 Å². The number of ether oxygens (including phenoxy) is 3. The summed E-state index contributed by atoms with van der Waals surface area (Å²) >= 11 is 0. The van der Waals surface area contributed by atoms with Crippen LogP contribution in [0.15, 0.2) is 12.1 Å². The lowest BCUT2D eigenvalue weighted by Gasteiger charge is -2.19. The molecular weight excluding hydrogens is 254 g/mol. The Balaban J connectivity index is 0.00000162. The molecule has 5 heteroatoms. The van der Waals surface area contributed by atoms with Crippen LogP contribution in [0.5, 0.6) is 17.2 Å². The molecule has 0 unspecified atom stereocenters. The minimum Gasteiger partial charge on any atom is -0.493 e. The smallest absolute Gasteiger partial charge is 0.203 e. The van der Waals surface area contributed by atoms with Crippen LogP contribution in [0.2, 0.25) is 0 Å². The molecule has 0 amide bonds. The van der Waals surface area contributed by atoms with Gasteiger partial charge in [-0.15, -0.1) is 12.4 Å². The molecule has 102 valence electrons. The summed E-state index contributed by atoms with van der Waals surface area (Å²) in [6.45, 7) is 1.06. The topological polar surface area (TPSA) is 39.7 Å². The highest BCUT2D eigenvalue weighted by molar-refractivity contribution is 5.85. The van der Waals surface area contributed by atoms with Gasteiger partial charge in [0.05, 0.1) is 21.3 Å². The van der Waals surface area contributed by atoms with E-state index in [4.69, 9.17) is 14.2 Å². The van der Waals surface area contributed by atoms with E-state index in [0.717, 1.165) is 24.3 Å². The second-order valence-electron chi connectivity index (χ2n) is 4.07. The highest BCUT2D eigenvalue weighted by atomic mass is 35.5. The van der Waals surface area contributed by atoms with Gasteiger partial charge in [-0.1, -0.05) is 0 Å². The SMILES string of the molecule is COc1ccc([C@H]2CCCN2)c(OC)c1OC.Cl. The van der Waals surface area contributed by atoms with Gasteiger partial charge < -0.3 is 19.5 Å². The number of halogens is 1. The quantitative estimate of drug-likeness (QED) is 0.915. The average molecular weight is 274 g/mol. The third kappa shape index (κ3) is 2.65. The largest absolute Gasteiger partial charge is 0.493 e. The summed E-state index contributed by atoms with van der Waals surface area (Å²) in [6.07, 6.45) is 2.33. The van der Waals surface area contributed by atoms with Crippen molar-refractivity contribution in [3.05, 3.63) is 17.7 Å². The van der Waals surface area contributed by atoms with Crippen molar-refractivity contribution in [1.82, 2.24) is 5.32 Å². The maximum atomic E-state index is 5.48. The normalized spacial score (nSPS) is 18.1. The minimum absolute atomic E-state index is 0. The zero-order valence-corrected chi connectivity index (χ0v) is 11.8. The van der Waals surface area contributed by atoms with Crippen molar-refractivity contribution in [3.8, 4) is 17.2 Å². The molecule has 0 radical (unpaired) electrons. The van der Waals surface area contributed by atoms with Gasteiger partial charge in [0, 0.05) is 11.6 Å². The third-order valence-electron chi connectivity index (χ3n) is 3.17. The first kappa shape index (κ1) is 14.9. The van der Waals surface area contributed by atoms with Crippen molar-refractivity contribution < 1.29 is 14.2 Å². The van der Waals surface area contributed by atoms with Crippen molar-refractivity contribution in [2.45, 2.75) is 18.9 Å². The molecule has 1 atom stereocenters. The summed E-state index contributed by atoms with van der Waals surface area (Å²) in [6, 6.07) is 4.32. The van der Waals surface area contributed by atoms with Gasteiger partial charge in [0.1, 0.15) is 0 Å². The number of benzene rings is 1. The number of hydrogen-bond donors (Lipinski definition) is 1. The van der Waals surface area contributed by atoms with E-state index < -0.39 is 0 Å². The molecule has 1 aliphatic heterocycles. The van der Waals surface area contributed by atoms with Crippen molar-refractivity contribution in [2.75, 3.05) is 27.9 Å². The molecule has 18 heavy (non-hydrogen) atoms. The second-order valence-corrected chi connectivity index (χ2v) is 4.07. The number of nitrogens with one attached hydrogen (secondary N) is 1. The van der Waals surface area contributed by atoms with Crippen LogP contribution in [0.3, 0.4) is 0 Å². The molecule has 0 spiro atoms. The molecule has 1 N–H and O–H groups in total. The molecule has 1 heterocycles. The van der Waals surface area contributed by atoms with Gasteiger partial charge in [-0.2, -0.15) is 0 Å². The fourth-order valence-electron chi connectivity index (χ4n) is 2.35. The van der Waals surface area contributed by atoms with Crippen molar-refractivity contribution >= 4 is 12.4 Å². The summed E-state index contributed by atoms with van der Waals surface area (Å²) in [7, 11) is 4.92. The van der Waals surface area contributed by atoms with Crippen LogP contribution in [0.25, 0.3) is 0 Å².